The van der Waals surface area contributed by atoms with Crippen molar-refractivity contribution in [3.63, 3.8) is 0 Å². The van der Waals surface area contributed by atoms with Crippen LogP contribution in [-0.2, 0) is 21.7 Å². The number of hydrogen-bond donors (Lipinski definition) is 1. The maximum absolute atomic E-state index is 15.2. The van der Waals surface area contributed by atoms with Crippen LogP contribution in [0.3, 0.4) is 0 Å². The van der Waals surface area contributed by atoms with E-state index < -0.39 is 28.5 Å². The zero-order valence-corrected chi connectivity index (χ0v) is 20.4. The van der Waals surface area contributed by atoms with Crippen molar-refractivity contribution in [2.75, 3.05) is 18.0 Å². The maximum Gasteiger partial charge on any atom is 0.415 e. The van der Waals surface area contributed by atoms with Crippen LogP contribution in [0.2, 0.25) is 0 Å². The molecule has 0 spiro atoms. The molecule has 2 aliphatic heterocycles. The third-order valence-corrected chi connectivity index (χ3v) is 6.54. The van der Waals surface area contributed by atoms with Crippen LogP contribution in [0.5, 0.6) is 6.01 Å². The van der Waals surface area contributed by atoms with Gasteiger partial charge in [-0.05, 0) is 34.2 Å². The van der Waals surface area contributed by atoms with E-state index in [9.17, 15) is 19.7 Å². The number of halogens is 1. The van der Waals surface area contributed by atoms with E-state index in [1.54, 1.807) is 34.9 Å². The first-order valence-electron chi connectivity index (χ1n) is 11.8. The number of anilines is 1. The zero-order chi connectivity index (χ0) is 27.0. The van der Waals surface area contributed by atoms with Crippen molar-refractivity contribution in [2.45, 2.75) is 31.6 Å². The first-order valence-corrected chi connectivity index (χ1v) is 11.8. The fourth-order valence-corrected chi connectivity index (χ4v) is 4.71. The Morgan fingerprint density at radius 2 is 2.11 bits per heavy atom. The van der Waals surface area contributed by atoms with Crippen LogP contribution in [0, 0.1) is 15.9 Å². The van der Waals surface area contributed by atoms with Gasteiger partial charge in [0.1, 0.15) is 18.1 Å². The molecule has 3 aromatic rings. The van der Waals surface area contributed by atoms with E-state index in [-0.39, 0.29) is 30.8 Å². The third kappa shape index (κ3) is 4.56. The molecule has 2 aliphatic rings. The lowest BCUT2D eigenvalue weighted by atomic mass is 9.89. The average molecular weight is 522 g/mol. The molecule has 1 N–H and O–H groups in total. The highest BCUT2D eigenvalue weighted by atomic mass is 19.1. The molecule has 12 heteroatoms. The van der Waals surface area contributed by atoms with E-state index in [0.717, 1.165) is 5.56 Å². The highest BCUT2D eigenvalue weighted by Crippen LogP contribution is 2.41. The maximum atomic E-state index is 15.2. The number of hydrogen-bond acceptors (Lipinski definition) is 7. The quantitative estimate of drug-likeness (QED) is 0.270. The van der Waals surface area contributed by atoms with Crippen molar-refractivity contribution in [1.82, 2.24) is 14.9 Å². The van der Waals surface area contributed by atoms with E-state index in [0.29, 0.717) is 29.8 Å². The largest absolute Gasteiger partial charge is 0.442 e. The van der Waals surface area contributed by atoms with Crippen molar-refractivity contribution < 1.29 is 28.4 Å². The number of benzene rings is 2. The number of ether oxygens (including phenoxy) is 2. The Labute approximate surface area is 216 Å². The van der Waals surface area contributed by atoms with Gasteiger partial charge < -0.3 is 24.9 Å². The number of nitrogens with zero attached hydrogens (tertiary/aromatic N) is 4. The molecule has 11 nitrogen and oxygen atoms in total. The lowest BCUT2D eigenvalue weighted by Crippen LogP contribution is -2.33. The Bertz CT molecular complexity index is 1410. The first kappa shape index (κ1) is 24.9. The molecular formula is C26H24FN5O6. The molecule has 0 radical (unpaired) electrons. The number of carbonyl (C=O) groups excluding carboxylic acids is 2. The average Bonchev–Trinajstić information content (AvgIpc) is 3.55. The molecule has 2 atom stereocenters. The molecule has 196 valence electrons. The topological polar surface area (TPSA) is 129 Å². The molecule has 3 heterocycles. The Morgan fingerprint density at radius 1 is 1.34 bits per heavy atom. The molecule has 0 saturated carbocycles. The van der Waals surface area contributed by atoms with Gasteiger partial charge in [0.15, 0.2) is 5.60 Å². The fourth-order valence-electron chi connectivity index (χ4n) is 4.71. The molecule has 0 bridgehead atoms. The summed E-state index contributed by atoms with van der Waals surface area (Å²) >= 11 is 0. The second kappa shape index (κ2) is 9.61. The molecule has 5 rings (SSSR count). The van der Waals surface area contributed by atoms with Crippen LogP contribution in [0.25, 0.3) is 11.1 Å². The lowest BCUT2D eigenvalue weighted by molar-refractivity contribution is -0.389. The standard InChI is InChI=1S/C26H24FN5O6/c1-3-10-26(15-30-14-23(32(35)36)29-24(30)38-26)18-6-4-17(5-7-18)21-9-8-19(11-22(21)27)31-13-20(37-25(31)34)12-28-16(2)33/h3-9,11,14,20H,1,10,12-13,15H2,2H3,(H,28,33)/t20-,26?/m0/s1. The van der Waals surface area contributed by atoms with E-state index in [2.05, 4.69) is 16.9 Å². The summed E-state index contributed by atoms with van der Waals surface area (Å²) in [6.45, 7) is 5.87. The fraction of sp³-hybridized carbons (Fsp3) is 0.269. The van der Waals surface area contributed by atoms with Crippen LogP contribution in [0.1, 0.15) is 18.9 Å². The monoisotopic (exact) mass is 521 g/mol. The van der Waals surface area contributed by atoms with Gasteiger partial charge >= 0.3 is 17.9 Å². The summed E-state index contributed by atoms with van der Waals surface area (Å²) in [6.07, 6.45) is 2.35. The van der Waals surface area contributed by atoms with Gasteiger partial charge in [0.2, 0.25) is 5.91 Å². The molecule has 1 unspecified atom stereocenters. The predicted octanol–water partition coefficient (Wildman–Crippen LogP) is 3.92. The van der Waals surface area contributed by atoms with Crippen molar-refractivity contribution in [3.05, 3.63) is 82.8 Å². The third-order valence-electron chi connectivity index (χ3n) is 6.54. The number of cyclic esters (lactones) is 1. The van der Waals surface area contributed by atoms with Gasteiger partial charge in [-0.3, -0.25) is 14.3 Å². The van der Waals surface area contributed by atoms with Crippen molar-refractivity contribution in [3.8, 4) is 17.1 Å². The minimum absolute atomic E-state index is 0.156. The second-order valence-electron chi connectivity index (χ2n) is 9.15. The van der Waals surface area contributed by atoms with Crippen molar-refractivity contribution >= 4 is 23.5 Å². The zero-order valence-electron chi connectivity index (χ0n) is 20.4. The van der Waals surface area contributed by atoms with Crippen LogP contribution in [0.15, 0.2) is 61.3 Å². The minimum Gasteiger partial charge on any atom is -0.442 e. The number of fused-ring (bicyclic) bond motifs is 1. The van der Waals surface area contributed by atoms with Crippen molar-refractivity contribution in [2.24, 2.45) is 0 Å². The Morgan fingerprint density at radius 3 is 2.74 bits per heavy atom. The minimum atomic E-state index is -0.843. The molecule has 1 aromatic heterocycles. The summed E-state index contributed by atoms with van der Waals surface area (Å²) in [7, 11) is 0. The van der Waals surface area contributed by atoms with Gasteiger partial charge in [-0.2, -0.15) is 0 Å². The summed E-state index contributed by atoms with van der Waals surface area (Å²) in [5.74, 6) is -1.03. The van der Waals surface area contributed by atoms with E-state index >= 15 is 4.39 Å². The van der Waals surface area contributed by atoms with E-state index in [1.807, 2.05) is 12.1 Å². The normalized spacial score (nSPS) is 20.0. The molecule has 0 aliphatic carbocycles. The SMILES string of the molecule is C=CCC1(c2ccc(-c3ccc(N4C[C@H](CNC(C)=O)OC4=O)cc3F)cc2)Cn2cc([N+](=O)[O-])nc2O1. The number of aromatic nitrogens is 2. The van der Waals surface area contributed by atoms with Crippen LogP contribution in [0.4, 0.5) is 20.7 Å². The summed E-state index contributed by atoms with van der Waals surface area (Å²) < 4.78 is 28.1. The number of imidazole rings is 1. The summed E-state index contributed by atoms with van der Waals surface area (Å²) in [4.78, 5) is 39.1. The van der Waals surface area contributed by atoms with Crippen LogP contribution >= 0.6 is 0 Å². The summed E-state index contributed by atoms with van der Waals surface area (Å²) in [6, 6.07) is 11.8. The number of carbonyl (C=O) groups is 2. The summed E-state index contributed by atoms with van der Waals surface area (Å²) in [5.41, 5.74) is 1.26. The highest BCUT2D eigenvalue weighted by molar-refractivity contribution is 5.90. The van der Waals surface area contributed by atoms with Gasteiger partial charge in [0, 0.05) is 23.9 Å². The lowest BCUT2D eigenvalue weighted by Gasteiger charge is -2.26. The Hall–Kier alpha value is -4.74. The molecule has 1 fully saturated rings. The van der Waals surface area contributed by atoms with Gasteiger partial charge in [0.05, 0.1) is 25.3 Å². The van der Waals surface area contributed by atoms with E-state index in [4.69, 9.17) is 9.47 Å². The number of amides is 2. The Kier molecular flexibility index (Phi) is 6.31. The molecule has 2 aromatic carbocycles. The van der Waals surface area contributed by atoms with Crippen LogP contribution < -0.4 is 15.0 Å². The van der Waals surface area contributed by atoms with Gasteiger partial charge in [-0.1, -0.05) is 30.3 Å². The second-order valence-corrected chi connectivity index (χ2v) is 9.15. The number of nitrogens with one attached hydrogen (secondary N) is 1. The predicted molar refractivity (Wildman–Crippen MR) is 134 cm³/mol. The first-order chi connectivity index (χ1) is 18.2. The smallest absolute Gasteiger partial charge is 0.415 e. The van der Waals surface area contributed by atoms with E-state index in [1.165, 1.54) is 24.1 Å². The highest BCUT2D eigenvalue weighted by Gasteiger charge is 2.44. The molecule has 2 amide bonds. The molecular weight excluding hydrogens is 497 g/mol. The molecule has 38 heavy (non-hydrogen) atoms. The summed E-state index contributed by atoms with van der Waals surface area (Å²) in [5, 5.41) is 13.6. The number of nitro groups is 1. The number of rotatable bonds is 8. The Balaban J connectivity index is 1.34. The van der Waals surface area contributed by atoms with Gasteiger partial charge in [-0.15, -0.1) is 6.58 Å². The van der Waals surface area contributed by atoms with Gasteiger partial charge in [0.25, 0.3) is 0 Å². The molecule has 1 saturated heterocycles. The van der Waals surface area contributed by atoms with Crippen LogP contribution in [-0.4, -0.2) is 45.7 Å². The van der Waals surface area contributed by atoms with Crippen molar-refractivity contribution in [1.29, 1.82) is 0 Å². The van der Waals surface area contributed by atoms with Gasteiger partial charge in [-0.25, -0.2) is 9.18 Å².